The first-order valence-corrected chi connectivity index (χ1v) is 5.26. The Hall–Kier alpha value is -0.750. The van der Waals surface area contributed by atoms with Gasteiger partial charge in [0.2, 0.25) is 11.8 Å². The Bertz CT molecular complexity index is 257. The highest BCUT2D eigenvalue weighted by atomic mass is 31.2. The van der Waals surface area contributed by atoms with E-state index in [1.807, 2.05) is 0 Å². The van der Waals surface area contributed by atoms with Crippen LogP contribution in [0.4, 0.5) is 0 Å². The Morgan fingerprint density at radius 3 is 2.00 bits per heavy atom. The van der Waals surface area contributed by atoms with E-state index in [0.29, 0.717) is 0 Å². The predicted octanol–water partition coefficient (Wildman–Crippen LogP) is -0.509. The van der Waals surface area contributed by atoms with Crippen molar-refractivity contribution >= 4 is 19.6 Å². The van der Waals surface area contributed by atoms with Crippen LogP contribution < -0.4 is 0 Å². The van der Waals surface area contributed by atoms with Crippen LogP contribution in [-0.2, 0) is 18.7 Å². The molecule has 0 aromatic heterocycles. The third-order valence-electron chi connectivity index (χ3n) is 1.33. The molecule has 0 aliphatic rings. The molecular formula is C6H12NO6P. The average Bonchev–Trinajstić information content (AvgIpc) is 1.94. The number of phosphoric ester groups is 1. The van der Waals surface area contributed by atoms with Crippen LogP contribution in [0.5, 0.6) is 0 Å². The van der Waals surface area contributed by atoms with E-state index in [1.165, 1.54) is 13.8 Å². The van der Waals surface area contributed by atoms with Gasteiger partial charge in [0.1, 0.15) is 0 Å². The van der Waals surface area contributed by atoms with Gasteiger partial charge in [0.15, 0.2) is 0 Å². The second kappa shape index (κ2) is 5.21. The number of phosphoric acid groups is 1. The number of nitrogens with zero attached hydrogens (tertiary/aromatic N) is 1. The number of carbonyl (C=O) groups excluding carboxylic acids is 2. The van der Waals surface area contributed by atoms with Crippen LogP contribution in [0.15, 0.2) is 0 Å². The molecule has 0 saturated heterocycles. The van der Waals surface area contributed by atoms with Crippen LogP contribution in [0, 0.1) is 0 Å². The molecule has 2 amide bonds. The fraction of sp³-hybridized carbons (Fsp3) is 0.667. The van der Waals surface area contributed by atoms with Crippen LogP contribution >= 0.6 is 7.82 Å². The first-order chi connectivity index (χ1) is 6.24. The molecule has 2 N–H and O–H groups in total. The summed E-state index contributed by atoms with van der Waals surface area (Å²) in [4.78, 5) is 39.0. The van der Waals surface area contributed by atoms with E-state index in [9.17, 15) is 14.2 Å². The summed E-state index contributed by atoms with van der Waals surface area (Å²) >= 11 is 0. The lowest BCUT2D eigenvalue weighted by Crippen LogP contribution is -2.35. The molecule has 7 nitrogen and oxygen atoms in total. The van der Waals surface area contributed by atoms with E-state index < -0.39 is 19.6 Å². The number of rotatable bonds is 4. The second-order valence-electron chi connectivity index (χ2n) is 2.51. The highest BCUT2D eigenvalue weighted by molar-refractivity contribution is 7.46. The molecule has 0 unspecified atom stereocenters. The molecule has 8 heteroatoms. The maximum absolute atomic E-state index is 10.8. The first kappa shape index (κ1) is 13.2. The van der Waals surface area contributed by atoms with Crippen LogP contribution in [0.1, 0.15) is 13.8 Å². The molecule has 0 radical (unpaired) electrons. The topological polar surface area (TPSA) is 104 Å². The predicted molar refractivity (Wildman–Crippen MR) is 46.1 cm³/mol. The summed E-state index contributed by atoms with van der Waals surface area (Å²) in [6.45, 7) is 1.80. The standard InChI is InChI=1S/C6H12NO6P/c1-5(8)7(6(2)9)3-4-13-14(10,11)12/h3-4H2,1-2H3,(H2,10,11,12). The Labute approximate surface area is 80.9 Å². The first-order valence-electron chi connectivity index (χ1n) is 3.73. The van der Waals surface area contributed by atoms with Crippen LogP contribution in [-0.4, -0.2) is 39.7 Å². The van der Waals surface area contributed by atoms with Crippen molar-refractivity contribution in [1.82, 2.24) is 4.90 Å². The van der Waals surface area contributed by atoms with Crippen molar-refractivity contribution in [2.24, 2.45) is 0 Å². The maximum atomic E-state index is 10.8. The van der Waals surface area contributed by atoms with Crippen molar-refractivity contribution in [3.8, 4) is 0 Å². The van der Waals surface area contributed by atoms with Gasteiger partial charge in [-0.3, -0.25) is 19.0 Å². The van der Waals surface area contributed by atoms with Gasteiger partial charge in [0.25, 0.3) is 0 Å². The number of amides is 2. The largest absolute Gasteiger partial charge is 0.469 e. The fourth-order valence-electron chi connectivity index (χ4n) is 0.788. The van der Waals surface area contributed by atoms with E-state index >= 15 is 0 Å². The summed E-state index contributed by atoms with van der Waals surface area (Å²) in [5.74, 6) is -0.987. The van der Waals surface area contributed by atoms with Gasteiger partial charge in [-0.1, -0.05) is 0 Å². The highest BCUT2D eigenvalue weighted by Gasteiger charge is 2.17. The lowest BCUT2D eigenvalue weighted by atomic mass is 10.4. The fourth-order valence-corrected chi connectivity index (χ4v) is 1.11. The normalized spacial score (nSPS) is 11.1. The maximum Gasteiger partial charge on any atom is 0.469 e. The van der Waals surface area contributed by atoms with Crippen molar-refractivity contribution in [1.29, 1.82) is 0 Å². The minimum atomic E-state index is -4.53. The van der Waals surface area contributed by atoms with Gasteiger partial charge < -0.3 is 9.79 Å². The SMILES string of the molecule is CC(=O)N(CCOP(=O)(O)O)C(C)=O. The highest BCUT2D eigenvalue weighted by Crippen LogP contribution is 2.35. The van der Waals surface area contributed by atoms with Crippen LogP contribution in [0.3, 0.4) is 0 Å². The molecule has 0 rings (SSSR count). The Morgan fingerprint density at radius 1 is 1.29 bits per heavy atom. The van der Waals surface area contributed by atoms with Crippen molar-refractivity contribution in [2.75, 3.05) is 13.2 Å². The van der Waals surface area contributed by atoms with Gasteiger partial charge in [-0.05, 0) is 0 Å². The number of hydrogen-bond donors (Lipinski definition) is 2. The summed E-state index contributed by atoms with van der Waals surface area (Å²) in [6.07, 6.45) is 0. The van der Waals surface area contributed by atoms with Crippen molar-refractivity contribution < 1.29 is 28.5 Å². The van der Waals surface area contributed by atoms with Gasteiger partial charge in [0.05, 0.1) is 13.2 Å². The van der Waals surface area contributed by atoms with E-state index in [-0.39, 0.29) is 13.2 Å². The zero-order valence-corrected chi connectivity index (χ0v) is 8.73. The summed E-state index contributed by atoms with van der Waals surface area (Å²) in [7, 11) is -4.53. The molecule has 0 fully saturated rings. The molecule has 0 aliphatic carbocycles. The minimum absolute atomic E-state index is 0.171. The van der Waals surface area contributed by atoms with Crippen molar-refractivity contribution in [3.05, 3.63) is 0 Å². The Kier molecular flexibility index (Phi) is 4.93. The zero-order chi connectivity index (χ0) is 11.4. The molecule has 0 spiro atoms. The van der Waals surface area contributed by atoms with Crippen LogP contribution in [0.25, 0.3) is 0 Å². The van der Waals surface area contributed by atoms with E-state index in [1.54, 1.807) is 0 Å². The second-order valence-corrected chi connectivity index (χ2v) is 3.75. The quantitative estimate of drug-likeness (QED) is 0.624. The van der Waals surface area contributed by atoms with Crippen molar-refractivity contribution in [3.63, 3.8) is 0 Å². The Morgan fingerprint density at radius 2 is 1.71 bits per heavy atom. The summed E-state index contributed by atoms with van der Waals surface area (Å²) in [5.41, 5.74) is 0. The lowest BCUT2D eigenvalue weighted by molar-refractivity contribution is -0.142. The average molecular weight is 225 g/mol. The Balaban J connectivity index is 4.03. The molecule has 0 aromatic carbocycles. The van der Waals surface area contributed by atoms with Gasteiger partial charge in [-0.15, -0.1) is 0 Å². The molecule has 0 atom stereocenters. The molecule has 0 bridgehead atoms. The van der Waals surface area contributed by atoms with Crippen molar-refractivity contribution in [2.45, 2.75) is 13.8 Å². The summed E-state index contributed by atoms with van der Waals surface area (Å²) in [5, 5.41) is 0. The van der Waals surface area contributed by atoms with Gasteiger partial charge >= 0.3 is 7.82 Å². The van der Waals surface area contributed by atoms with E-state index in [4.69, 9.17) is 9.79 Å². The third-order valence-corrected chi connectivity index (χ3v) is 1.85. The molecule has 14 heavy (non-hydrogen) atoms. The van der Waals surface area contributed by atoms with Gasteiger partial charge in [-0.25, -0.2) is 4.57 Å². The molecule has 0 heterocycles. The van der Waals surface area contributed by atoms with Gasteiger partial charge in [0, 0.05) is 13.8 Å². The van der Waals surface area contributed by atoms with Gasteiger partial charge in [-0.2, -0.15) is 0 Å². The number of hydrogen-bond acceptors (Lipinski definition) is 4. The number of carbonyl (C=O) groups is 2. The third kappa shape index (κ3) is 5.82. The van der Waals surface area contributed by atoms with E-state index in [2.05, 4.69) is 4.52 Å². The van der Waals surface area contributed by atoms with Crippen LogP contribution in [0.2, 0.25) is 0 Å². The number of imide groups is 1. The molecule has 82 valence electrons. The smallest absolute Gasteiger partial charge is 0.303 e. The molecule has 0 saturated carbocycles. The van der Waals surface area contributed by atoms with E-state index in [0.717, 1.165) is 4.90 Å². The molecular weight excluding hydrogens is 213 g/mol. The minimum Gasteiger partial charge on any atom is -0.303 e. The lowest BCUT2D eigenvalue weighted by Gasteiger charge is -2.16. The monoisotopic (exact) mass is 225 g/mol. The summed E-state index contributed by atoms with van der Waals surface area (Å²) < 4.78 is 14.3. The molecule has 0 aromatic rings. The summed E-state index contributed by atoms with van der Waals surface area (Å²) in [6, 6.07) is 0. The zero-order valence-electron chi connectivity index (χ0n) is 7.84. The molecule has 0 aliphatic heterocycles.